The molecule has 1 aliphatic rings. The maximum atomic E-state index is 14.8. The van der Waals surface area contributed by atoms with Gasteiger partial charge in [0.25, 0.3) is 5.56 Å². The van der Waals surface area contributed by atoms with E-state index in [0.29, 0.717) is 18.5 Å². The summed E-state index contributed by atoms with van der Waals surface area (Å²) in [5.41, 5.74) is -0.820. The maximum absolute atomic E-state index is 14.8. The number of H-pyrrole nitrogens is 1. The van der Waals surface area contributed by atoms with Crippen LogP contribution in [0.4, 0.5) is 20.2 Å². The number of ether oxygens (including phenoxy) is 1. The van der Waals surface area contributed by atoms with Crippen LogP contribution in [0.15, 0.2) is 65.7 Å². The van der Waals surface area contributed by atoms with Gasteiger partial charge in [-0.3, -0.25) is 14.4 Å². The molecule has 0 atom stereocenters. The lowest BCUT2D eigenvalue weighted by molar-refractivity contribution is -0.131. The average Bonchev–Trinajstić information content (AvgIpc) is 3.65. The molecule has 0 unspecified atom stereocenters. The number of carbonyl (C=O) groups excluding carboxylic acids is 2. The second kappa shape index (κ2) is 8.60. The zero-order valence-corrected chi connectivity index (χ0v) is 18.0. The van der Waals surface area contributed by atoms with Crippen LogP contribution in [0.1, 0.15) is 12.8 Å². The topological polar surface area (TPSA) is 126 Å². The van der Waals surface area contributed by atoms with Gasteiger partial charge in [0, 0.05) is 29.7 Å². The minimum Gasteiger partial charge on any atom is -0.452 e. The summed E-state index contributed by atoms with van der Waals surface area (Å²) in [4.78, 5) is 47.5. The molecule has 0 spiro atoms. The zero-order valence-electron chi connectivity index (χ0n) is 18.0. The van der Waals surface area contributed by atoms with E-state index in [1.54, 1.807) is 0 Å². The van der Waals surface area contributed by atoms with E-state index < -0.39 is 34.4 Å². The van der Waals surface area contributed by atoms with Crippen LogP contribution in [0.25, 0.3) is 11.2 Å². The predicted molar refractivity (Wildman–Crippen MR) is 122 cm³/mol. The molecule has 0 bridgehead atoms. The number of halogens is 2. The van der Waals surface area contributed by atoms with Gasteiger partial charge in [0.1, 0.15) is 16.7 Å². The SMILES string of the molecule is O=C(Nc1ccc(F)cc1)C1(C(=O)Nc2ccc(Oc3ccnc4ncc(=O)[nH]c34)c(F)c2)CC1. The van der Waals surface area contributed by atoms with Crippen LogP contribution in [0, 0.1) is 17.0 Å². The highest BCUT2D eigenvalue weighted by Gasteiger charge is 2.56. The van der Waals surface area contributed by atoms with Crippen molar-refractivity contribution in [3.05, 3.63) is 82.9 Å². The minimum absolute atomic E-state index is 0.135. The predicted octanol–water partition coefficient (Wildman–Crippen LogP) is 3.75. The number of rotatable bonds is 6. The minimum atomic E-state index is -1.28. The molecule has 2 aromatic heterocycles. The van der Waals surface area contributed by atoms with E-state index in [1.165, 1.54) is 48.7 Å². The molecule has 2 amide bonds. The second-order valence-electron chi connectivity index (χ2n) is 8.00. The van der Waals surface area contributed by atoms with E-state index in [-0.39, 0.29) is 28.4 Å². The first kappa shape index (κ1) is 22.1. The van der Waals surface area contributed by atoms with Gasteiger partial charge in [0.15, 0.2) is 23.0 Å². The van der Waals surface area contributed by atoms with Crippen molar-refractivity contribution >= 4 is 34.4 Å². The van der Waals surface area contributed by atoms with Crippen molar-refractivity contribution in [2.75, 3.05) is 10.6 Å². The summed E-state index contributed by atoms with van der Waals surface area (Å²) in [7, 11) is 0. The second-order valence-corrected chi connectivity index (χ2v) is 8.00. The molecular formula is C24H17F2N5O4. The molecule has 4 aromatic rings. The number of nitrogens with zero attached hydrogens (tertiary/aromatic N) is 2. The first-order valence-electron chi connectivity index (χ1n) is 10.5. The molecule has 3 N–H and O–H groups in total. The van der Waals surface area contributed by atoms with Crippen molar-refractivity contribution < 1.29 is 23.1 Å². The summed E-state index contributed by atoms with van der Waals surface area (Å²) >= 11 is 0. The maximum Gasteiger partial charge on any atom is 0.267 e. The van der Waals surface area contributed by atoms with E-state index in [1.807, 2.05) is 0 Å². The number of hydrogen-bond acceptors (Lipinski definition) is 6. The molecule has 0 saturated heterocycles. The molecule has 1 fully saturated rings. The lowest BCUT2D eigenvalue weighted by Crippen LogP contribution is -2.35. The molecular weight excluding hydrogens is 460 g/mol. The monoisotopic (exact) mass is 477 g/mol. The van der Waals surface area contributed by atoms with Crippen molar-refractivity contribution in [2.24, 2.45) is 5.41 Å². The van der Waals surface area contributed by atoms with Crippen LogP contribution in [0.5, 0.6) is 11.5 Å². The quantitative estimate of drug-likeness (QED) is 0.363. The molecule has 2 aromatic carbocycles. The Hall–Kier alpha value is -4.67. The van der Waals surface area contributed by atoms with Crippen LogP contribution in [0.3, 0.4) is 0 Å². The van der Waals surface area contributed by atoms with Crippen molar-refractivity contribution in [1.82, 2.24) is 15.0 Å². The van der Waals surface area contributed by atoms with Gasteiger partial charge in [0.05, 0.1) is 6.20 Å². The van der Waals surface area contributed by atoms with Gasteiger partial charge in [-0.05, 0) is 49.2 Å². The van der Waals surface area contributed by atoms with Crippen LogP contribution in [0.2, 0.25) is 0 Å². The van der Waals surface area contributed by atoms with Gasteiger partial charge in [-0.1, -0.05) is 0 Å². The molecule has 0 aliphatic heterocycles. The van der Waals surface area contributed by atoms with Crippen LogP contribution >= 0.6 is 0 Å². The molecule has 5 rings (SSSR count). The Morgan fingerprint density at radius 1 is 0.914 bits per heavy atom. The Morgan fingerprint density at radius 3 is 2.29 bits per heavy atom. The number of anilines is 2. The van der Waals surface area contributed by atoms with E-state index >= 15 is 0 Å². The number of aromatic amines is 1. The summed E-state index contributed by atoms with van der Waals surface area (Å²) in [5, 5.41) is 5.18. The number of benzene rings is 2. The molecule has 1 aliphatic carbocycles. The number of carbonyl (C=O) groups is 2. The Balaban J connectivity index is 1.30. The Labute approximate surface area is 196 Å². The third-order valence-electron chi connectivity index (χ3n) is 5.58. The van der Waals surface area contributed by atoms with E-state index in [4.69, 9.17) is 4.74 Å². The van der Waals surface area contributed by atoms with Crippen LogP contribution in [-0.2, 0) is 9.59 Å². The van der Waals surface area contributed by atoms with Crippen molar-refractivity contribution in [3.63, 3.8) is 0 Å². The normalized spacial score (nSPS) is 13.8. The van der Waals surface area contributed by atoms with Gasteiger partial charge in [-0.2, -0.15) is 0 Å². The van der Waals surface area contributed by atoms with Gasteiger partial charge < -0.3 is 20.4 Å². The summed E-state index contributed by atoms with van der Waals surface area (Å²) in [6.45, 7) is 0. The molecule has 0 radical (unpaired) electrons. The number of nitrogens with one attached hydrogen (secondary N) is 3. The molecule has 9 nitrogen and oxygen atoms in total. The highest BCUT2D eigenvalue weighted by molar-refractivity contribution is 6.16. The largest absolute Gasteiger partial charge is 0.452 e. The lowest BCUT2D eigenvalue weighted by atomic mass is 10.0. The Bertz CT molecular complexity index is 1520. The first-order valence-corrected chi connectivity index (χ1v) is 10.5. The fourth-order valence-corrected chi connectivity index (χ4v) is 3.51. The average molecular weight is 477 g/mol. The number of hydrogen-bond donors (Lipinski definition) is 3. The summed E-state index contributed by atoms with van der Waals surface area (Å²) in [5.74, 6) is -2.33. The third kappa shape index (κ3) is 4.43. The fraction of sp³-hybridized carbons (Fsp3) is 0.125. The zero-order chi connectivity index (χ0) is 24.6. The highest BCUT2D eigenvalue weighted by atomic mass is 19.1. The molecule has 35 heavy (non-hydrogen) atoms. The molecule has 2 heterocycles. The molecule has 11 heteroatoms. The van der Waals surface area contributed by atoms with Crippen molar-refractivity contribution in [2.45, 2.75) is 12.8 Å². The Morgan fingerprint density at radius 2 is 1.60 bits per heavy atom. The standard InChI is InChI=1S/C24H17F2N5O4/c25-13-1-3-14(4-2-13)29-22(33)24(8-9-24)23(34)30-15-5-6-17(16(26)11-15)35-18-7-10-27-21-20(18)31-19(32)12-28-21/h1-7,10-12H,8-9H2,(H,29,33)(H,30,34)(H,31,32). The number of aromatic nitrogens is 3. The van der Waals surface area contributed by atoms with Crippen LogP contribution < -0.4 is 20.9 Å². The van der Waals surface area contributed by atoms with Gasteiger partial charge in [-0.15, -0.1) is 0 Å². The summed E-state index contributed by atoms with van der Waals surface area (Å²) in [6, 6.07) is 10.4. The van der Waals surface area contributed by atoms with E-state index in [0.717, 1.165) is 12.3 Å². The Kier molecular flexibility index (Phi) is 5.44. The molecule has 1 saturated carbocycles. The van der Waals surface area contributed by atoms with Crippen LogP contribution in [-0.4, -0.2) is 26.8 Å². The summed E-state index contributed by atoms with van der Waals surface area (Å²) < 4.78 is 33.4. The number of pyridine rings is 1. The van der Waals surface area contributed by atoms with E-state index in [9.17, 15) is 23.2 Å². The first-order chi connectivity index (χ1) is 16.8. The summed E-state index contributed by atoms with van der Waals surface area (Å²) in [6.07, 6.45) is 3.14. The van der Waals surface area contributed by atoms with Gasteiger partial charge >= 0.3 is 0 Å². The number of fused-ring (bicyclic) bond motifs is 1. The number of amides is 2. The highest BCUT2D eigenvalue weighted by Crippen LogP contribution is 2.47. The van der Waals surface area contributed by atoms with Gasteiger partial charge in [-0.25, -0.2) is 18.7 Å². The van der Waals surface area contributed by atoms with Crippen molar-refractivity contribution in [3.8, 4) is 11.5 Å². The third-order valence-corrected chi connectivity index (χ3v) is 5.58. The van der Waals surface area contributed by atoms with Crippen molar-refractivity contribution in [1.29, 1.82) is 0 Å². The lowest BCUT2D eigenvalue weighted by Gasteiger charge is -2.16. The smallest absolute Gasteiger partial charge is 0.267 e. The molecule has 176 valence electrons. The fourth-order valence-electron chi connectivity index (χ4n) is 3.51. The van der Waals surface area contributed by atoms with Gasteiger partial charge in [0.2, 0.25) is 11.8 Å². The van der Waals surface area contributed by atoms with E-state index in [2.05, 4.69) is 25.6 Å².